The summed E-state index contributed by atoms with van der Waals surface area (Å²) >= 11 is 0. The number of aryl methyl sites for hydroxylation is 1. The minimum absolute atomic E-state index is 0.567. The lowest BCUT2D eigenvalue weighted by atomic mass is 10.1. The summed E-state index contributed by atoms with van der Waals surface area (Å²) in [5, 5.41) is 15.6. The topological polar surface area (TPSA) is 74.7 Å². The number of hydrogen-bond donors (Lipinski definition) is 1. The van der Waals surface area contributed by atoms with Crippen LogP contribution in [0.1, 0.15) is 22.8 Å². The minimum Gasteiger partial charge on any atom is -0.340 e. The van der Waals surface area contributed by atoms with Gasteiger partial charge in [0.05, 0.1) is 18.2 Å². The third kappa shape index (κ3) is 3.13. The Kier molecular flexibility index (Phi) is 3.48. The molecule has 1 aromatic carbocycles. The van der Waals surface area contributed by atoms with E-state index in [0.717, 1.165) is 5.56 Å². The van der Waals surface area contributed by atoms with Crippen LogP contribution in [-0.4, -0.2) is 10.1 Å². The Morgan fingerprint density at radius 3 is 2.65 bits per heavy atom. The molecule has 0 saturated carbocycles. The van der Waals surface area contributed by atoms with E-state index >= 15 is 0 Å². The third-order valence-electron chi connectivity index (χ3n) is 2.26. The Morgan fingerprint density at radius 1 is 1.29 bits per heavy atom. The summed E-state index contributed by atoms with van der Waals surface area (Å²) in [6.07, 6.45) is 0. The fourth-order valence-corrected chi connectivity index (χ4v) is 1.43. The van der Waals surface area contributed by atoms with Gasteiger partial charge in [0.25, 0.3) is 0 Å². The number of aromatic nitrogens is 2. The average Bonchev–Trinajstić information content (AvgIpc) is 2.76. The largest absolute Gasteiger partial charge is 0.340 e. The standard InChI is InChI=1S/C12H12N4O/c1-9-15-12(16-17-9)8-14-7-11-4-2-10(6-13)3-5-11/h2-5,14H,7-8H2,1H3. The van der Waals surface area contributed by atoms with Gasteiger partial charge >= 0.3 is 0 Å². The van der Waals surface area contributed by atoms with Crippen LogP contribution in [0, 0.1) is 18.3 Å². The quantitative estimate of drug-likeness (QED) is 0.859. The SMILES string of the molecule is Cc1nc(CNCc2ccc(C#N)cc2)no1. The Bertz CT molecular complexity index is 524. The zero-order valence-electron chi connectivity index (χ0n) is 9.47. The molecule has 86 valence electrons. The Balaban J connectivity index is 1.84. The Morgan fingerprint density at radius 2 is 2.06 bits per heavy atom. The molecule has 0 aliphatic heterocycles. The molecule has 1 heterocycles. The second-order valence-corrected chi connectivity index (χ2v) is 3.64. The monoisotopic (exact) mass is 228 g/mol. The molecule has 2 aromatic rings. The van der Waals surface area contributed by atoms with Gasteiger partial charge in [-0.1, -0.05) is 17.3 Å². The van der Waals surface area contributed by atoms with Crippen molar-refractivity contribution < 1.29 is 4.52 Å². The first-order valence-electron chi connectivity index (χ1n) is 5.27. The molecule has 0 bridgehead atoms. The van der Waals surface area contributed by atoms with Crippen LogP contribution in [0.15, 0.2) is 28.8 Å². The van der Waals surface area contributed by atoms with Gasteiger partial charge < -0.3 is 9.84 Å². The molecular formula is C12H12N4O. The highest BCUT2D eigenvalue weighted by Gasteiger charge is 2.01. The van der Waals surface area contributed by atoms with Gasteiger partial charge in [0.2, 0.25) is 5.89 Å². The van der Waals surface area contributed by atoms with Crippen LogP contribution in [0.5, 0.6) is 0 Å². The molecule has 0 aliphatic rings. The van der Waals surface area contributed by atoms with E-state index in [9.17, 15) is 0 Å². The normalized spacial score (nSPS) is 10.1. The van der Waals surface area contributed by atoms with Gasteiger partial charge in [-0.3, -0.25) is 0 Å². The summed E-state index contributed by atoms with van der Waals surface area (Å²) in [5.41, 5.74) is 1.78. The zero-order chi connectivity index (χ0) is 12.1. The van der Waals surface area contributed by atoms with E-state index < -0.39 is 0 Å². The smallest absolute Gasteiger partial charge is 0.223 e. The van der Waals surface area contributed by atoms with Crippen LogP contribution in [-0.2, 0) is 13.1 Å². The maximum absolute atomic E-state index is 8.66. The highest BCUT2D eigenvalue weighted by molar-refractivity contribution is 5.31. The molecule has 2 rings (SSSR count). The van der Waals surface area contributed by atoms with Gasteiger partial charge in [-0.25, -0.2) is 0 Å². The van der Waals surface area contributed by atoms with Crippen molar-refractivity contribution in [2.75, 3.05) is 0 Å². The molecule has 17 heavy (non-hydrogen) atoms. The summed E-state index contributed by atoms with van der Waals surface area (Å²) < 4.78 is 4.86. The lowest BCUT2D eigenvalue weighted by Crippen LogP contribution is -2.13. The maximum atomic E-state index is 8.66. The second kappa shape index (κ2) is 5.23. The summed E-state index contributed by atoms with van der Waals surface area (Å²) in [7, 11) is 0. The van der Waals surface area contributed by atoms with Crippen LogP contribution in [0.4, 0.5) is 0 Å². The van der Waals surface area contributed by atoms with Crippen molar-refractivity contribution in [1.29, 1.82) is 5.26 Å². The van der Waals surface area contributed by atoms with Crippen molar-refractivity contribution in [2.45, 2.75) is 20.0 Å². The van der Waals surface area contributed by atoms with Crippen molar-refractivity contribution >= 4 is 0 Å². The van der Waals surface area contributed by atoms with E-state index in [0.29, 0.717) is 30.4 Å². The predicted octanol–water partition coefficient (Wildman–Crippen LogP) is 1.54. The molecule has 0 radical (unpaired) electrons. The third-order valence-corrected chi connectivity index (χ3v) is 2.26. The van der Waals surface area contributed by atoms with Crippen LogP contribution in [0.2, 0.25) is 0 Å². The van der Waals surface area contributed by atoms with E-state index in [1.165, 1.54) is 0 Å². The van der Waals surface area contributed by atoms with Crippen molar-refractivity contribution in [3.05, 3.63) is 47.1 Å². The predicted molar refractivity (Wildman–Crippen MR) is 60.7 cm³/mol. The molecule has 0 aliphatic carbocycles. The van der Waals surface area contributed by atoms with Crippen LogP contribution in [0.25, 0.3) is 0 Å². The summed E-state index contributed by atoms with van der Waals surface area (Å²) in [5.74, 6) is 1.22. The number of nitriles is 1. The molecule has 0 unspecified atom stereocenters. The van der Waals surface area contributed by atoms with Gasteiger partial charge in [-0.2, -0.15) is 10.2 Å². The lowest BCUT2D eigenvalue weighted by Gasteiger charge is -2.01. The molecule has 1 aromatic heterocycles. The Labute approximate surface area is 99.1 Å². The molecule has 0 saturated heterocycles. The first-order chi connectivity index (χ1) is 8.28. The van der Waals surface area contributed by atoms with E-state index in [4.69, 9.17) is 9.78 Å². The van der Waals surface area contributed by atoms with E-state index in [1.54, 1.807) is 19.1 Å². The molecule has 1 N–H and O–H groups in total. The lowest BCUT2D eigenvalue weighted by molar-refractivity contribution is 0.385. The minimum atomic E-state index is 0.567. The van der Waals surface area contributed by atoms with E-state index in [2.05, 4.69) is 21.5 Å². The van der Waals surface area contributed by atoms with Gasteiger partial charge in [-0.05, 0) is 17.7 Å². The van der Waals surface area contributed by atoms with Crippen molar-refractivity contribution in [3.8, 4) is 6.07 Å². The van der Waals surface area contributed by atoms with Crippen LogP contribution < -0.4 is 5.32 Å². The number of benzene rings is 1. The highest BCUT2D eigenvalue weighted by Crippen LogP contribution is 2.03. The zero-order valence-corrected chi connectivity index (χ0v) is 9.47. The molecule has 0 amide bonds. The number of hydrogen-bond acceptors (Lipinski definition) is 5. The molecule has 0 atom stereocenters. The number of rotatable bonds is 4. The second-order valence-electron chi connectivity index (χ2n) is 3.64. The van der Waals surface area contributed by atoms with E-state index in [1.807, 2.05) is 12.1 Å². The van der Waals surface area contributed by atoms with Crippen LogP contribution >= 0.6 is 0 Å². The van der Waals surface area contributed by atoms with Crippen LogP contribution in [0.3, 0.4) is 0 Å². The average molecular weight is 228 g/mol. The highest BCUT2D eigenvalue weighted by atomic mass is 16.5. The maximum Gasteiger partial charge on any atom is 0.223 e. The first-order valence-corrected chi connectivity index (χ1v) is 5.27. The fraction of sp³-hybridized carbons (Fsp3) is 0.250. The number of nitrogens with one attached hydrogen (secondary N) is 1. The molecular weight excluding hydrogens is 216 g/mol. The Hall–Kier alpha value is -2.19. The van der Waals surface area contributed by atoms with Gasteiger partial charge in [0, 0.05) is 13.5 Å². The van der Waals surface area contributed by atoms with Gasteiger partial charge in [0.1, 0.15) is 0 Å². The summed E-state index contributed by atoms with van der Waals surface area (Å²) in [6.45, 7) is 3.04. The van der Waals surface area contributed by atoms with Gasteiger partial charge in [-0.15, -0.1) is 0 Å². The molecule has 0 spiro atoms. The molecule has 5 nitrogen and oxygen atoms in total. The summed E-state index contributed by atoms with van der Waals surface area (Å²) in [6, 6.07) is 9.54. The molecule has 0 fully saturated rings. The van der Waals surface area contributed by atoms with Crippen molar-refractivity contribution in [1.82, 2.24) is 15.5 Å². The fourth-order valence-electron chi connectivity index (χ4n) is 1.43. The van der Waals surface area contributed by atoms with E-state index in [-0.39, 0.29) is 0 Å². The number of nitrogens with zero attached hydrogens (tertiary/aromatic N) is 3. The van der Waals surface area contributed by atoms with Crippen molar-refractivity contribution in [2.24, 2.45) is 0 Å². The van der Waals surface area contributed by atoms with Gasteiger partial charge in [0.15, 0.2) is 5.82 Å². The molecule has 5 heteroatoms. The summed E-state index contributed by atoms with van der Waals surface area (Å²) in [4.78, 5) is 4.09. The first kappa shape index (κ1) is 11.3. The van der Waals surface area contributed by atoms with Crippen molar-refractivity contribution in [3.63, 3.8) is 0 Å².